The predicted molar refractivity (Wildman–Crippen MR) is 117 cm³/mol. The molecule has 3 aromatic rings. The van der Waals surface area contributed by atoms with Gasteiger partial charge in [-0.15, -0.1) is 0 Å². The number of hydrogen-bond donors (Lipinski definition) is 0. The largest absolute Gasteiger partial charge is 0.342 e. The van der Waals surface area contributed by atoms with E-state index in [9.17, 15) is 4.79 Å². The highest BCUT2D eigenvalue weighted by atomic mass is 32.2. The van der Waals surface area contributed by atoms with Gasteiger partial charge in [0.05, 0.1) is 11.4 Å². The lowest BCUT2D eigenvalue weighted by Gasteiger charge is -2.21. The maximum atomic E-state index is 12.7. The number of carbonyl (C=O) groups excluding carboxylic acids is 1. The van der Waals surface area contributed by atoms with E-state index >= 15 is 0 Å². The highest BCUT2D eigenvalue weighted by Gasteiger charge is 2.16. The molecule has 1 aromatic heterocycles. The molecule has 0 N–H and O–H groups in total. The van der Waals surface area contributed by atoms with Crippen LogP contribution in [0.1, 0.15) is 26.7 Å². The van der Waals surface area contributed by atoms with Crippen LogP contribution in [-0.2, 0) is 4.79 Å². The lowest BCUT2D eigenvalue weighted by molar-refractivity contribution is -0.128. The Labute approximate surface area is 171 Å². The maximum absolute atomic E-state index is 12.7. The summed E-state index contributed by atoms with van der Waals surface area (Å²) in [7, 11) is 0. The number of amides is 1. The van der Waals surface area contributed by atoms with Crippen LogP contribution in [0.25, 0.3) is 16.9 Å². The summed E-state index contributed by atoms with van der Waals surface area (Å²) in [4.78, 5) is 19.5. The van der Waals surface area contributed by atoms with Gasteiger partial charge in [0.1, 0.15) is 0 Å². The third-order valence-electron chi connectivity index (χ3n) is 4.44. The molecule has 1 amide bonds. The zero-order chi connectivity index (χ0) is 19.8. The number of aromatic nitrogens is 2. The fourth-order valence-corrected chi connectivity index (χ4v) is 4.00. The van der Waals surface area contributed by atoms with E-state index in [0.717, 1.165) is 48.0 Å². The molecule has 0 bridgehead atoms. The van der Waals surface area contributed by atoms with Crippen molar-refractivity contribution in [1.29, 1.82) is 0 Å². The first-order valence-electron chi connectivity index (χ1n) is 9.83. The van der Waals surface area contributed by atoms with Crippen molar-refractivity contribution in [2.24, 2.45) is 0 Å². The average Bonchev–Trinajstić information content (AvgIpc) is 3.17. The number of hydrogen-bond acceptors (Lipinski definition) is 3. The van der Waals surface area contributed by atoms with Crippen molar-refractivity contribution >= 4 is 17.7 Å². The molecule has 5 heteroatoms. The van der Waals surface area contributed by atoms with Gasteiger partial charge in [0.25, 0.3) is 0 Å². The Morgan fingerprint density at radius 1 is 0.964 bits per heavy atom. The third kappa shape index (κ3) is 5.04. The number of thioether (sulfide) groups is 1. The molecular weight excluding hydrogens is 366 g/mol. The second-order valence-corrected chi connectivity index (χ2v) is 7.59. The van der Waals surface area contributed by atoms with E-state index in [1.165, 1.54) is 11.8 Å². The summed E-state index contributed by atoms with van der Waals surface area (Å²) in [6.07, 6.45) is 4.01. The molecular formula is C23H27N3OS. The van der Waals surface area contributed by atoms with Gasteiger partial charge in [-0.25, -0.2) is 4.98 Å². The SMILES string of the molecule is CCCN(CCC)C(=O)CSc1nc(-c2ccccc2)cn1-c1ccccc1. The minimum atomic E-state index is 0.178. The molecule has 0 saturated carbocycles. The van der Waals surface area contributed by atoms with Crippen molar-refractivity contribution in [2.75, 3.05) is 18.8 Å². The van der Waals surface area contributed by atoms with Gasteiger partial charge >= 0.3 is 0 Å². The second-order valence-electron chi connectivity index (χ2n) is 6.65. The van der Waals surface area contributed by atoms with E-state index in [1.54, 1.807) is 0 Å². The van der Waals surface area contributed by atoms with Crippen LogP contribution in [0.2, 0.25) is 0 Å². The van der Waals surface area contributed by atoms with Crippen molar-refractivity contribution < 1.29 is 4.79 Å². The minimum absolute atomic E-state index is 0.178. The lowest BCUT2D eigenvalue weighted by atomic mass is 10.2. The number of nitrogens with zero attached hydrogens (tertiary/aromatic N) is 3. The summed E-state index contributed by atoms with van der Waals surface area (Å²) < 4.78 is 2.07. The average molecular weight is 394 g/mol. The van der Waals surface area contributed by atoms with E-state index in [1.807, 2.05) is 47.5 Å². The van der Waals surface area contributed by atoms with Gasteiger partial charge in [0, 0.05) is 30.5 Å². The van der Waals surface area contributed by atoms with Gasteiger partial charge in [-0.2, -0.15) is 0 Å². The molecule has 146 valence electrons. The standard InChI is InChI=1S/C23H27N3OS/c1-3-15-25(16-4-2)22(27)18-28-23-24-21(19-11-7-5-8-12-19)17-26(23)20-13-9-6-10-14-20/h5-14,17H,3-4,15-16,18H2,1-2H3. The molecule has 0 atom stereocenters. The molecule has 0 aliphatic heterocycles. The zero-order valence-corrected chi connectivity index (χ0v) is 17.4. The highest BCUT2D eigenvalue weighted by Crippen LogP contribution is 2.27. The maximum Gasteiger partial charge on any atom is 0.233 e. The van der Waals surface area contributed by atoms with Gasteiger partial charge < -0.3 is 4.90 Å². The van der Waals surface area contributed by atoms with Crippen molar-refractivity contribution in [3.8, 4) is 16.9 Å². The molecule has 0 spiro atoms. The van der Waals surface area contributed by atoms with Crippen LogP contribution in [0, 0.1) is 0 Å². The van der Waals surface area contributed by atoms with Crippen LogP contribution in [0.4, 0.5) is 0 Å². The van der Waals surface area contributed by atoms with Crippen molar-refractivity contribution in [1.82, 2.24) is 14.5 Å². The fraction of sp³-hybridized carbons (Fsp3) is 0.304. The van der Waals surface area contributed by atoms with Gasteiger partial charge in [-0.1, -0.05) is 74.1 Å². The van der Waals surface area contributed by atoms with Gasteiger partial charge in [-0.05, 0) is 25.0 Å². The minimum Gasteiger partial charge on any atom is -0.342 e. The molecule has 0 fully saturated rings. The molecule has 1 heterocycles. The second kappa shape index (κ2) is 10.1. The molecule has 2 aromatic carbocycles. The Balaban J connectivity index is 1.84. The first kappa shape index (κ1) is 20.2. The molecule has 0 unspecified atom stereocenters. The summed E-state index contributed by atoms with van der Waals surface area (Å²) in [6, 6.07) is 20.3. The van der Waals surface area contributed by atoms with Crippen LogP contribution in [0.5, 0.6) is 0 Å². The van der Waals surface area contributed by atoms with Crippen LogP contribution < -0.4 is 0 Å². The van der Waals surface area contributed by atoms with E-state index < -0.39 is 0 Å². The zero-order valence-electron chi connectivity index (χ0n) is 16.5. The van der Waals surface area contributed by atoms with Crippen LogP contribution >= 0.6 is 11.8 Å². The van der Waals surface area contributed by atoms with Gasteiger partial charge in [0.2, 0.25) is 5.91 Å². The molecule has 0 aliphatic carbocycles. The van der Waals surface area contributed by atoms with Crippen molar-refractivity contribution in [2.45, 2.75) is 31.8 Å². The normalized spacial score (nSPS) is 10.8. The quantitative estimate of drug-likeness (QED) is 0.464. The van der Waals surface area contributed by atoms with Crippen LogP contribution in [-0.4, -0.2) is 39.2 Å². The highest BCUT2D eigenvalue weighted by molar-refractivity contribution is 7.99. The lowest BCUT2D eigenvalue weighted by Crippen LogP contribution is -2.33. The van der Waals surface area contributed by atoms with E-state index in [2.05, 4.69) is 42.7 Å². The van der Waals surface area contributed by atoms with E-state index in [4.69, 9.17) is 4.98 Å². The topological polar surface area (TPSA) is 38.1 Å². The number of benzene rings is 2. The summed E-state index contributed by atoms with van der Waals surface area (Å²) >= 11 is 1.51. The van der Waals surface area contributed by atoms with Crippen LogP contribution in [0.3, 0.4) is 0 Å². The number of para-hydroxylation sites is 1. The Bertz CT molecular complexity index is 871. The van der Waals surface area contributed by atoms with E-state index in [0.29, 0.717) is 5.75 Å². The first-order chi connectivity index (χ1) is 13.7. The summed E-state index contributed by atoms with van der Waals surface area (Å²) in [6.45, 7) is 5.85. The number of rotatable bonds is 9. The van der Waals surface area contributed by atoms with Crippen LogP contribution in [0.15, 0.2) is 72.0 Å². The Hall–Kier alpha value is -2.53. The predicted octanol–water partition coefficient (Wildman–Crippen LogP) is 5.28. The summed E-state index contributed by atoms with van der Waals surface area (Å²) in [5.74, 6) is 0.579. The monoisotopic (exact) mass is 393 g/mol. The number of imidazole rings is 1. The molecule has 4 nitrogen and oxygen atoms in total. The Morgan fingerprint density at radius 3 is 2.18 bits per heavy atom. The molecule has 0 saturated heterocycles. The molecule has 3 rings (SSSR count). The molecule has 28 heavy (non-hydrogen) atoms. The fourth-order valence-electron chi connectivity index (χ4n) is 3.11. The Morgan fingerprint density at radius 2 is 1.57 bits per heavy atom. The Kier molecular flexibility index (Phi) is 7.31. The third-order valence-corrected chi connectivity index (χ3v) is 5.38. The van der Waals surface area contributed by atoms with Gasteiger partial charge in [0.15, 0.2) is 5.16 Å². The van der Waals surface area contributed by atoms with E-state index in [-0.39, 0.29) is 5.91 Å². The molecule has 0 aliphatic rings. The summed E-state index contributed by atoms with van der Waals surface area (Å²) in [5.41, 5.74) is 3.04. The van der Waals surface area contributed by atoms with Crippen molar-refractivity contribution in [3.63, 3.8) is 0 Å². The van der Waals surface area contributed by atoms with Crippen molar-refractivity contribution in [3.05, 3.63) is 66.9 Å². The first-order valence-corrected chi connectivity index (χ1v) is 10.8. The molecule has 0 radical (unpaired) electrons. The smallest absolute Gasteiger partial charge is 0.233 e. The number of carbonyl (C=O) groups is 1. The van der Waals surface area contributed by atoms with Gasteiger partial charge in [-0.3, -0.25) is 9.36 Å². The summed E-state index contributed by atoms with van der Waals surface area (Å²) in [5, 5.41) is 0.839.